The monoisotopic (exact) mass is 278 g/mol. The number of hydrogen-bond donors (Lipinski definition) is 0. The van der Waals surface area contributed by atoms with Crippen LogP contribution in [0.25, 0.3) is 0 Å². The standard InChI is InChI=1S/C17H30OSi/c1-8-15(19(5,6)7)17-12(2)9-10-13(17)16(3,4)11-14(17)18/h8,12-13H,9-11H2,1-7H3/b15-8+/t12-,13-,17+/m0/s1. The van der Waals surface area contributed by atoms with Gasteiger partial charge in [-0.15, -0.1) is 0 Å². The van der Waals surface area contributed by atoms with Crippen LogP contribution in [0, 0.1) is 22.7 Å². The van der Waals surface area contributed by atoms with Gasteiger partial charge in [0.05, 0.1) is 13.5 Å². The van der Waals surface area contributed by atoms with Crippen molar-refractivity contribution in [3.8, 4) is 0 Å². The summed E-state index contributed by atoms with van der Waals surface area (Å²) in [5, 5.41) is 1.53. The lowest BCUT2D eigenvalue weighted by molar-refractivity contribution is -0.126. The molecule has 0 unspecified atom stereocenters. The molecule has 1 nitrogen and oxygen atoms in total. The van der Waals surface area contributed by atoms with E-state index in [1.54, 1.807) is 0 Å². The molecular formula is C17H30OSi. The summed E-state index contributed by atoms with van der Waals surface area (Å²) in [5.41, 5.74) is 0.0818. The van der Waals surface area contributed by atoms with Gasteiger partial charge in [0, 0.05) is 6.42 Å². The SMILES string of the molecule is C/C=C(\[C@@]12C(=O)CC(C)(C)[C@@H]1CC[C@@H]2C)[Si](C)(C)C. The minimum Gasteiger partial charge on any atom is -0.299 e. The zero-order valence-corrected chi connectivity index (χ0v) is 14.8. The third-order valence-corrected chi connectivity index (χ3v) is 8.10. The van der Waals surface area contributed by atoms with E-state index in [0.717, 1.165) is 6.42 Å². The number of allylic oxidation sites excluding steroid dienone is 2. The van der Waals surface area contributed by atoms with Gasteiger partial charge in [-0.25, -0.2) is 0 Å². The molecule has 0 heterocycles. The molecule has 2 heteroatoms. The number of hydrogen-bond acceptors (Lipinski definition) is 1. The first kappa shape index (κ1) is 15.0. The zero-order chi connectivity index (χ0) is 14.6. The molecule has 0 aromatic carbocycles. The topological polar surface area (TPSA) is 17.1 Å². The fraction of sp³-hybridized carbons (Fsp3) is 0.824. The Hall–Kier alpha value is -0.373. The highest BCUT2D eigenvalue weighted by atomic mass is 28.3. The van der Waals surface area contributed by atoms with E-state index in [1.807, 2.05) is 0 Å². The van der Waals surface area contributed by atoms with Crippen molar-refractivity contribution in [1.82, 2.24) is 0 Å². The molecule has 2 aliphatic carbocycles. The Morgan fingerprint density at radius 1 is 1.26 bits per heavy atom. The van der Waals surface area contributed by atoms with E-state index in [1.165, 1.54) is 18.0 Å². The Balaban J connectivity index is 2.64. The van der Waals surface area contributed by atoms with Gasteiger partial charge in [0.15, 0.2) is 0 Å². The van der Waals surface area contributed by atoms with Crippen LogP contribution in [0.4, 0.5) is 0 Å². The van der Waals surface area contributed by atoms with Crippen molar-refractivity contribution in [1.29, 1.82) is 0 Å². The number of Topliss-reactive ketones (excluding diaryl/α,β-unsaturated/α-hetero) is 1. The molecule has 3 atom stereocenters. The van der Waals surface area contributed by atoms with Gasteiger partial charge in [0.1, 0.15) is 5.78 Å². The van der Waals surface area contributed by atoms with Crippen molar-refractivity contribution < 1.29 is 4.79 Å². The third kappa shape index (κ3) is 1.90. The van der Waals surface area contributed by atoms with Crippen LogP contribution >= 0.6 is 0 Å². The lowest BCUT2D eigenvalue weighted by Crippen LogP contribution is -2.46. The van der Waals surface area contributed by atoms with E-state index in [9.17, 15) is 4.79 Å². The second-order valence-corrected chi connectivity index (χ2v) is 13.5. The lowest BCUT2D eigenvalue weighted by atomic mass is 9.69. The van der Waals surface area contributed by atoms with Crippen molar-refractivity contribution in [2.45, 2.75) is 66.6 Å². The minimum atomic E-state index is -1.45. The average Bonchev–Trinajstić information content (AvgIpc) is 2.65. The molecule has 2 aliphatic rings. The molecule has 0 N–H and O–H groups in total. The fourth-order valence-electron chi connectivity index (χ4n) is 5.27. The first-order chi connectivity index (χ1) is 8.58. The Morgan fingerprint density at radius 2 is 1.84 bits per heavy atom. The molecule has 0 aromatic rings. The van der Waals surface area contributed by atoms with Crippen molar-refractivity contribution in [2.75, 3.05) is 0 Å². The summed E-state index contributed by atoms with van der Waals surface area (Å²) in [6.07, 6.45) is 5.55. The van der Waals surface area contributed by atoms with Crippen LogP contribution in [0.3, 0.4) is 0 Å². The summed E-state index contributed by atoms with van der Waals surface area (Å²) >= 11 is 0. The van der Waals surface area contributed by atoms with Gasteiger partial charge in [-0.2, -0.15) is 0 Å². The van der Waals surface area contributed by atoms with E-state index >= 15 is 0 Å². The van der Waals surface area contributed by atoms with Gasteiger partial charge in [-0.05, 0) is 37.0 Å². The van der Waals surface area contributed by atoms with Crippen molar-refractivity contribution in [2.24, 2.45) is 22.7 Å². The smallest absolute Gasteiger partial charge is 0.143 e. The van der Waals surface area contributed by atoms with Crippen LogP contribution in [0.15, 0.2) is 11.3 Å². The molecule has 108 valence electrons. The van der Waals surface area contributed by atoms with Gasteiger partial charge in [-0.3, -0.25) is 4.79 Å². The predicted molar refractivity (Wildman–Crippen MR) is 84.8 cm³/mol. The normalized spacial score (nSPS) is 38.7. The summed E-state index contributed by atoms with van der Waals surface area (Å²) in [4.78, 5) is 13.0. The van der Waals surface area contributed by atoms with Gasteiger partial charge in [0.2, 0.25) is 0 Å². The highest BCUT2D eigenvalue weighted by Gasteiger charge is 2.65. The Bertz CT molecular complexity index is 427. The van der Waals surface area contributed by atoms with E-state index in [4.69, 9.17) is 0 Å². The highest BCUT2D eigenvalue weighted by Crippen LogP contribution is 2.66. The molecule has 0 bridgehead atoms. The molecule has 0 aliphatic heterocycles. The average molecular weight is 279 g/mol. The summed E-state index contributed by atoms with van der Waals surface area (Å²) in [6.45, 7) is 16.3. The molecular weight excluding hydrogens is 248 g/mol. The Kier molecular flexibility index (Phi) is 3.41. The second-order valence-electron chi connectivity index (χ2n) is 8.44. The van der Waals surface area contributed by atoms with Crippen LogP contribution in [0.1, 0.15) is 47.0 Å². The van der Waals surface area contributed by atoms with Gasteiger partial charge in [-0.1, -0.05) is 51.7 Å². The first-order valence-corrected chi connectivity index (χ1v) is 11.3. The highest BCUT2D eigenvalue weighted by molar-refractivity contribution is 6.83. The molecule has 0 spiro atoms. The first-order valence-electron chi connectivity index (χ1n) is 7.79. The summed E-state index contributed by atoms with van der Waals surface area (Å²) in [6, 6.07) is 0. The minimum absolute atomic E-state index is 0.108. The second kappa shape index (κ2) is 4.31. The molecule has 19 heavy (non-hydrogen) atoms. The molecule has 2 fully saturated rings. The van der Waals surface area contributed by atoms with Gasteiger partial charge >= 0.3 is 0 Å². The third-order valence-electron chi connectivity index (χ3n) is 5.78. The summed E-state index contributed by atoms with van der Waals surface area (Å²) < 4.78 is 0. The van der Waals surface area contributed by atoms with Crippen molar-refractivity contribution in [3.63, 3.8) is 0 Å². The van der Waals surface area contributed by atoms with Crippen LogP contribution < -0.4 is 0 Å². The Morgan fingerprint density at radius 3 is 2.32 bits per heavy atom. The number of rotatable bonds is 2. The van der Waals surface area contributed by atoms with E-state index < -0.39 is 8.07 Å². The molecule has 0 amide bonds. The maximum atomic E-state index is 13.0. The quantitative estimate of drug-likeness (QED) is 0.660. The largest absolute Gasteiger partial charge is 0.299 e. The fourth-order valence-corrected chi connectivity index (χ4v) is 7.94. The van der Waals surface area contributed by atoms with Crippen LogP contribution in [-0.4, -0.2) is 13.9 Å². The predicted octanol–water partition coefficient (Wildman–Crippen LogP) is 4.84. The molecule has 2 saturated carbocycles. The van der Waals surface area contributed by atoms with E-state index in [2.05, 4.69) is 53.4 Å². The number of carbonyl (C=O) groups excluding carboxylic acids is 1. The van der Waals surface area contributed by atoms with E-state index in [-0.39, 0.29) is 10.8 Å². The van der Waals surface area contributed by atoms with Gasteiger partial charge in [0.25, 0.3) is 0 Å². The van der Waals surface area contributed by atoms with E-state index in [0.29, 0.717) is 17.6 Å². The summed E-state index contributed by atoms with van der Waals surface area (Å²) in [7, 11) is -1.45. The number of carbonyl (C=O) groups is 1. The maximum absolute atomic E-state index is 13.0. The van der Waals surface area contributed by atoms with Crippen LogP contribution in [-0.2, 0) is 4.79 Å². The summed E-state index contributed by atoms with van der Waals surface area (Å²) in [5.74, 6) is 1.65. The maximum Gasteiger partial charge on any atom is 0.143 e. The molecule has 0 saturated heterocycles. The van der Waals surface area contributed by atoms with Crippen LogP contribution in [0.2, 0.25) is 19.6 Å². The molecule has 0 radical (unpaired) electrons. The van der Waals surface area contributed by atoms with Gasteiger partial charge < -0.3 is 0 Å². The van der Waals surface area contributed by atoms with Crippen molar-refractivity contribution in [3.05, 3.63) is 11.3 Å². The lowest BCUT2D eigenvalue weighted by Gasteiger charge is -2.43. The molecule has 2 rings (SSSR count). The Labute approximate surface area is 119 Å². The number of fused-ring (bicyclic) bond motifs is 1. The number of ketones is 1. The van der Waals surface area contributed by atoms with Crippen LogP contribution in [0.5, 0.6) is 0 Å². The zero-order valence-electron chi connectivity index (χ0n) is 13.8. The molecule has 0 aromatic heterocycles. The van der Waals surface area contributed by atoms with Crippen molar-refractivity contribution >= 4 is 13.9 Å².